The van der Waals surface area contributed by atoms with E-state index >= 15 is 0 Å². The predicted molar refractivity (Wildman–Crippen MR) is 98.8 cm³/mol. The number of hydrogen-bond acceptors (Lipinski definition) is 5. The zero-order valence-electron chi connectivity index (χ0n) is 13.3. The molecular weight excluding hydrogens is 411 g/mol. The molecule has 2 heterocycles. The number of rotatable bonds is 8. The summed E-state index contributed by atoms with van der Waals surface area (Å²) in [6.07, 6.45) is 1.59. The van der Waals surface area contributed by atoms with Crippen LogP contribution in [0.15, 0.2) is 27.8 Å². The van der Waals surface area contributed by atoms with Gasteiger partial charge in [-0.3, -0.25) is 5.10 Å². The fraction of sp³-hybridized carbons (Fsp3) is 0.500. The molecule has 0 fully saturated rings. The summed E-state index contributed by atoms with van der Waals surface area (Å²) in [5, 5.41) is 13.3. The van der Waals surface area contributed by atoms with Crippen LogP contribution in [0.3, 0.4) is 0 Å². The molecule has 0 aliphatic rings. The minimum Gasteiger partial charge on any atom is -0.461 e. The van der Waals surface area contributed by atoms with Crippen molar-refractivity contribution in [3.8, 4) is 11.6 Å². The second-order valence-electron chi connectivity index (χ2n) is 4.40. The molecule has 0 saturated heterocycles. The van der Waals surface area contributed by atoms with Crippen molar-refractivity contribution in [2.24, 2.45) is 4.99 Å². The number of nitrogens with one attached hydrogen (secondary N) is 3. The molecule has 0 atom stereocenters. The van der Waals surface area contributed by atoms with Gasteiger partial charge in [0.25, 0.3) is 0 Å². The SMILES string of the molecule is CCNC(=NCc1nc(-c2ccco2)n[nH]1)NCCOCC.I. The van der Waals surface area contributed by atoms with Crippen LogP contribution in [-0.2, 0) is 11.3 Å². The summed E-state index contributed by atoms with van der Waals surface area (Å²) in [6.45, 7) is 7.23. The molecule has 0 bridgehead atoms. The van der Waals surface area contributed by atoms with Crippen LogP contribution in [0.25, 0.3) is 11.6 Å². The van der Waals surface area contributed by atoms with Crippen LogP contribution in [0.2, 0.25) is 0 Å². The van der Waals surface area contributed by atoms with Crippen LogP contribution >= 0.6 is 24.0 Å². The number of aromatic amines is 1. The molecule has 2 aromatic rings. The van der Waals surface area contributed by atoms with Crippen LogP contribution < -0.4 is 10.6 Å². The molecule has 0 aromatic carbocycles. The summed E-state index contributed by atoms with van der Waals surface area (Å²) >= 11 is 0. The Morgan fingerprint density at radius 3 is 2.96 bits per heavy atom. The van der Waals surface area contributed by atoms with E-state index in [-0.39, 0.29) is 24.0 Å². The van der Waals surface area contributed by atoms with E-state index in [4.69, 9.17) is 9.15 Å². The summed E-state index contributed by atoms with van der Waals surface area (Å²) < 4.78 is 10.5. The van der Waals surface area contributed by atoms with Gasteiger partial charge in [0.1, 0.15) is 12.4 Å². The van der Waals surface area contributed by atoms with E-state index < -0.39 is 0 Å². The van der Waals surface area contributed by atoms with E-state index in [1.807, 2.05) is 19.9 Å². The summed E-state index contributed by atoms with van der Waals surface area (Å²) in [7, 11) is 0. The Morgan fingerprint density at radius 1 is 1.39 bits per heavy atom. The Kier molecular flexibility index (Phi) is 9.29. The molecule has 0 spiro atoms. The fourth-order valence-electron chi connectivity index (χ4n) is 1.76. The average molecular weight is 434 g/mol. The first-order chi connectivity index (χ1) is 10.8. The highest BCUT2D eigenvalue weighted by atomic mass is 127. The van der Waals surface area contributed by atoms with Crippen molar-refractivity contribution in [3.05, 3.63) is 24.2 Å². The topological polar surface area (TPSA) is 100 Å². The fourth-order valence-corrected chi connectivity index (χ4v) is 1.76. The number of ether oxygens (including phenoxy) is 1. The normalized spacial score (nSPS) is 11.1. The lowest BCUT2D eigenvalue weighted by atomic mass is 10.4. The molecule has 3 N–H and O–H groups in total. The molecule has 0 saturated carbocycles. The molecule has 2 rings (SSSR count). The molecule has 0 aliphatic carbocycles. The molecule has 8 nitrogen and oxygen atoms in total. The summed E-state index contributed by atoms with van der Waals surface area (Å²) in [5.41, 5.74) is 0. The number of H-pyrrole nitrogens is 1. The molecule has 128 valence electrons. The third kappa shape index (κ3) is 6.57. The number of aliphatic imine (C=N–C) groups is 1. The summed E-state index contributed by atoms with van der Waals surface area (Å²) in [6, 6.07) is 3.62. The van der Waals surface area contributed by atoms with Crippen LogP contribution in [0.5, 0.6) is 0 Å². The number of hydrogen-bond donors (Lipinski definition) is 3. The molecule has 0 unspecified atom stereocenters. The van der Waals surface area contributed by atoms with E-state index in [0.29, 0.717) is 43.7 Å². The van der Waals surface area contributed by atoms with Gasteiger partial charge in [-0.1, -0.05) is 0 Å². The van der Waals surface area contributed by atoms with Gasteiger partial charge in [-0.05, 0) is 26.0 Å². The van der Waals surface area contributed by atoms with Gasteiger partial charge in [0, 0.05) is 19.7 Å². The van der Waals surface area contributed by atoms with Gasteiger partial charge in [0.05, 0.1) is 12.9 Å². The van der Waals surface area contributed by atoms with Crippen LogP contribution in [0.4, 0.5) is 0 Å². The minimum atomic E-state index is 0. The van der Waals surface area contributed by atoms with Crippen LogP contribution in [0, 0.1) is 0 Å². The first-order valence-corrected chi connectivity index (χ1v) is 7.38. The maximum atomic E-state index is 5.29. The molecule has 23 heavy (non-hydrogen) atoms. The summed E-state index contributed by atoms with van der Waals surface area (Å²) in [4.78, 5) is 8.80. The molecule has 9 heteroatoms. The Bertz CT molecular complexity index is 570. The maximum Gasteiger partial charge on any atom is 0.216 e. The predicted octanol–water partition coefficient (Wildman–Crippen LogP) is 1.77. The average Bonchev–Trinajstić information content (AvgIpc) is 3.19. The Morgan fingerprint density at radius 2 is 2.26 bits per heavy atom. The van der Waals surface area contributed by atoms with Crippen molar-refractivity contribution in [2.75, 3.05) is 26.3 Å². The van der Waals surface area contributed by atoms with Gasteiger partial charge in [0.15, 0.2) is 11.7 Å². The highest BCUT2D eigenvalue weighted by Crippen LogP contribution is 2.14. The van der Waals surface area contributed by atoms with Crippen LogP contribution in [0.1, 0.15) is 19.7 Å². The molecular formula is C14H23IN6O2. The first kappa shape index (κ1) is 19.4. The van der Waals surface area contributed by atoms with Crippen molar-refractivity contribution >= 4 is 29.9 Å². The number of guanidine groups is 1. The van der Waals surface area contributed by atoms with Crippen molar-refractivity contribution in [3.63, 3.8) is 0 Å². The van der Waals surface area contributed by atoms with E-state index in [0.717, 1.165) is 12.5 Å². The molecule has 0 radical (unpaired) electrons. The lowest BCUT2D eigenvalue weighted by Gasteiger charge is -2.10. The van der Waals surface area contributed by atoms with E-state index in [1.165, 1.54) is 0 Å². The van der Waals surface area contributed by atoms with Crippen molar-refractivity contribution in [2.45, 2.75) is 20.4 Å². The zero-order valence-corrected chi connectivity index (χ0v) is 15.7. The quantitative estimate of drug-likeness (QED) is 0.254. The van der Waals surface area contributed by atoms with Gasteiger partial charge >= 0.3 is 0 Å². The number of furan rings is 1. The second kappa shape index (κ2) is 11.0. The second-order valence-corrected chi connectivity index (χ2v) is 4.40. The third-order valence-corrected chi connectivity index (χ3v) is 2.75. The van der Waals surface area contributed by atoms with Crippen molar-refractivity contribution < 1.29 is 9.15 Å². The summed E-state index contributed by atoms with van der Waals surface area (Å²) in [5.74, 6) is 2.56. The zero-order chi connectivity index (χ0) is 15.6. The maximum absolute atomic E-state index is 5.29. The van der Waals surface area contributed by atoms with Gasteiger partial charge in [0.2, 0.25) is 5.82 Å². The highest BCUT2D eigenvalue weighted by molar-refractivity contribution is 14.0. The van der Waals surface area contributed by atoms with Crippen LogP contribution in [-0.4, -0.2) is 47.4 Å². The van der Waals surface area contributed by atoms with Gasteiger partial charge in [-0.15, -0.1) is 29.1 Å². The van der Waals surface area contributed by atoms with Crippen molar-refractivity contribution in [1.29, 1.82) is 0 Å². The van der Waals surface area contributed by atoms with Crippen molar-refractivity contribution in [1.82, 2.24) is 25.8 Å². The van der Waals surface area contributed by atoms with E-state index in [9.17, 15) is 0 Å². The molecule has 0 amide bonds. The standard InChI is InChI=1S/C14H22N6O2.HI/c1-3-15-14(16-7-9-21-4-2)17-10-12-18-13(20-19-12)11-6-5-8-22-11;/h5-6,8H,3-4,7,9-10H2,1-2H3,(H2,15,16,17)(H,18,19,20);1H. The van der Waals surface area contributed by atoms with Gasteiger partial charge < -0.3 is 19.8 Å². The Hall–Kier alpha value is -1.62. The molecule has 2 aromatic heterocycles. The largest absolute Gasteiger partial charge is 0.461 e. The van der Waals surface area contributed by atoms with E-state index in [1.54, 1.807) is 12.3 Å². The minimum absolute atomic E-state index is 0. The third-order valence-electron chi connectivity index (χ3n) is 2.75. The van der Waals surface area contributed by atoms with E-state index in [2.05, 4.69) is 30.8 Å². The number of halogens is 1. The monoisotopic (exact) mass is 434 g/mol. The highest BCUT2D eigenvalue weighted by Gasteiger charge is 2.07. The van der Waals surface area contributed by atoms with Gasteiger partial charge in [-0.25, -0.2) is 9.98 Å². The lowest BCUT2D eigenvalue weighted by Crippen LogP contribution is -2.39. The Balaban J connectivity index is 0.00000264. The number of aromatic nitrogens is 3. The molecule has 0 aliphatic heterocycles. The lowest BCUT2D eigenvalue weighted by molar-refractivity contribution is 0.152. The number of nitrogens with zero attached hydrogens (tertiary/aromatic N) is 3. The smallest absolute Gasteiger partial charge is 0.216 e. The van der Waals surface area contributed by atoms with Gasteiger partial charge in [-0.2, -0.15) is 0 Å². The Labute approximate surface area is 152 Å². The first-order valence-electron chi connectivity index (χ1n) is 7.38.